The molecular formula is C19H20N4O2S. The summed E-state index contributed by atoms with van der Waals surface area (Å²) in [6, 6.07) is 9.44. The quantitative estimate of drug-likeness (QED) is 0.724. The van der Waals surface area contributed by atoms with Crippen molar-refractivity contribution in [2.24, 2.45) is 0 Å². The number of amides is 1. The Balaban J connectivity index is 1.54. The third kappa shape index (κ3) is 3.84. The number of hydrogen-bond acceptors (Lipinski definition) is 5. The fourth-order valence-electron chi connectivity index (χ4n) is 3.10. The highest BCUT2D eigenvalue weighted by molar-refractivity contribution is 7.07. The second-order valence-electron chi connectivity index (χ2n) is 6.33. The highest BCUT2D eigenvalue weighted by atomic mass is 32.1. The van der Waals surface area contributed by atoms with Crippen molar-refractivity contribution >= 4 is 17.2 Å². The van der Waals surface area contributed by atoms with Crippen LogP contribution in [0.3, 0.4) is 0 Å². The van der Waals surface area contributed by atoms with E-state index in [0.717, 1.165) is 30.7 Å². The van der Waals surface area contributed by atoms with Crippen LogP contribution < -0.4 is 0 Å². The predicted molar refractivity (Wildman–Crippen MR) is 99.9 cm³/mol. The summed E-state index contributed by atoms with van der Waals surface area (Å²) in [5, 5.41) is 11.2. The first-order valence-corrected chi connectivity index (χ1v) is 9.62. The van der Waals surface area contributed by atoms with Crippen molar-refractivity contribution in [3.8, 4) is 11.4 Å². The van der Waals surface area contributed by atoms with Crippen LogP contribution in [0.4, 0.5) is 0 Å². The molecule has 1 amide bonds. The number of carbonyl (C=O) groups excluding carboxylic acids is 1. The van der Waals surface area contributed by atoms with Crippen LogP contribution in [0.15, 0.2) is 47.3 Å². The van der Waals surface area contributed by atoms with E-state index in [1.807, 2.05) is 34.5 Å². The van der Waals surface area contributed by atoms with Gasteiger partial charge in [0.05, 0.1) is 11.8 Å². The van der Waals surface area contributed by atoms with Crippen LogP contribution in [0, 0.1) is 0 Å². The molecule has 1 aliphatic rings. The molecule has 0 spiro atoms. The van der Waals surface area contributed by atoms with Crippen molar-refractivity contribution < 1.29 is 9.53 Å². The molecule has 0 radical (unpaired) electrons. The monoisotopic (exact) mass is 368 g/mol. The molecule has 1 saturated heterocycles. The Morgan fingerprint density at radius 2 is 2.31 bits per heavy atom. The van der Waals surface area contributed by atoms with Gasteiger partial charge in [-0.2, -0.15) is 16.4 Å². The van der Waals surface area contributed by atoms with Crippen molar-refractivity contribution in [2.45, 2.75) is 25.5 Å². The van der Waals surface area contributed by atoms with E-state index in [9.17, 15) is 4.79 Å². The van der Waals surface area contributed by atoms with Gasteiger partial charge in [0.15, 0.2) is 0 Å². The second-order valence-corrected chi connectivity index (χ2v) is 7.11. The van der Waals surface area contributed by atoms with Crippen LogP contribution in [0.2, 0.25) is 0 Å². The number of pyridine rings is 1. The van der Waals surface area contributed by atoms with Crippen molar-refractivity contribution in [1.82, 2.24) is 20.1 Å². The van der Waals surface area contributed by atoms with Crippen molar-refractivity contribution in [1.29, 1.82) is 0 Å². The summed E-state index contributed by atoms with van der Waals surface area (Å²) in [6.45, 7) is 1.94. The Bertz CT molecular complexity index is 842. The van der Waals surface area contributed by atoms with Crippen molar-refractivity contribution in [3.05, 3.63) is 58.5 Å². The Morgan fingerprint density at radius 1 is 1.35 bits per heavy atom. The lowest BCUT2D eigenvalue weighted by Gasteiger charge is -2.24. The van der Waals surface area contributed by atoms with E-state index < -0.39 is 0 Å². The lowest BCUT2D eigenvalue weighted by atomic mass is 10.2. The van der Waals surface area contributed by atoms with Crippen LogP contribution in [-0.2, 0) is 11.3 Å². The van der Waals surface area contributed by atoms with Gasteiger partial charge in [0.25, 0.3) is 5.91 Å². The average Bonchev–Trinajstić information content (AvgIpc) is 3.44. The number of rotatable bonds is 6. The van der Waals surface area contributed by atoms with Crippen LogP contribution in [0.5, 0.6) is 0 Å². The van der Waals surface area contributed by atoms with Crippen LogP contribution in [-0.4, -0.2) is 45.2 Å². The smallest absolute Gasteiger partial charge is 0.272 e. The molecule has 1 N–H and O–H groups in total. The average molecular weight is 368 g/mol. The fraction of sp³-hybridized carbons (Fsp3) is 0.316. The minimum atomic E-state index is -0.0682. The van der Waals surface area contributed by atoms with E-state index >= 15 is 0 Å². The summed E-state index contributed by atoms with van der Waals surface area (Å²) >= 11 is 1.64. The summed E-state index contributed by atoms with van der Waals surface area (Å²) in [6.07, 6.45) is 3.87. The largest absolute Gasteiger partial charge is 0.376 e. The predicted octanol–water partition coefficient (Wildman–Crippen LogP) is 3.35. The molecule has 4 heterocycles. The standard InChI is InChI=1S/C19H20N4O2S/c24-19(18-10-17(21-22-18)16-5-1-2-7-20-16)23(11-14-6-9-26-13-14)12-15-4-3-8-25-15/h1-2,5-7,9-10,13,15H,3-4,8,11-12H2,(H,21,22)/t15-/m0/s1. The summed E-state index contributed by atoms with van der Waals surface area (Å²) in [7, 11) is 0. The fourth-order valence-corrected chi connectivity index (χ4v) is 3.76. The number of nitrogens with one attached hydrogen (secondary N) is 1. The molecule has 7 heteroatoms. The SMILES string of the molecule is O=C(c1cc(-c2ccccn2)n[nH]1)N(Cc1ccsc1)C[C@@H]1CCCO1. The van der Waals surface area contributed by atoms with E-state index in [1.54, 1.807) is 23.6 Å². The number of H-pyrrole nitrogens is 1. The van der Waals surface area contributed by atoms with E-state index in [0.29, 0.717) is 24.5 Å². The molecule has 0 unspecified atom stereocenters. The number of ether oxygens (including phenoxy) is 1. The Labute approximate surface area is 155 Å². The molecule has 1 fully saturated rings. The Hall–Kier alpha value is -2.51. The van der Waals surface area contributed by atoms with Gasteiger partial charge in [-0.1, -0.05) is 6.07 Å². The van der Waals surface area contributed by atoms with Crippen molar-refractivity contribution in [2.75, 3.05) is 13.2 Å². The Morgan fingerprint density at radius 3 is 3.04 bits per heavy atom. The lowest BCUT2D eigenvalue weighted by molar-refractivity contribution is 0.0503. The van der Waals surface area contributed by atoms with Gasteiger partial charge in [-0.15, -0.1) is 0 Å². The molecule has 0 saturated carbocycles. The van der Waals surface area contributed by atoms with E-state index in [4.69, 9.17) is 4.74 Å². The first-order chi connectivity index (χ1) is 12.8. The number of thiophene rings is 1. The van der Waals surface area contributed by atoms with Crippen LogP contribution >= 0.6 is 11.3 Å². The summed E-state index contributed by atoms with van der Waals surface area (Å²) < 4.78 is 5.74. The maximum absolute atomic E-state index is 13.1. The topological polar surface area (TPSA) is 71.1 Å². The molecule has 0 aliphatic carbocycles. The van der Waals surface area contributed by atoms with Gasteiger partial charge in [-0.05, 0) is 53.4 Å². The highest BCUT2D eigenvalue weighted by Gasteiger charge is 2.25. The molecule has 3 aromatic rings. The molecular weight excluding hydrogens is 348 g/mol. The van der Waals surface area contributed by atoms with Gasteiger partial charge in [0, 0.05) is 25.9 Å². The van der Waals surface area contributed by atoms with Gasteiger partial charge < -0.3 is 9.64 Å². The first-order valence-electron chi connectivity index (χ1n) is 8.68. The van der Waals surface area contributed by atoms with Gasteiger partial charge in [0.2, 0.25) is 0 Å². The van der Waals surface area contributed by atoms with Crippen LogP contribution in [0.1, 0.15) is 28.9 Å². The van der Waals surface area contributed by atoms with Crippen LogP contribution in [0.25, 0.3) is 11.4 Å². The number of hydrogen-bond donors (Lipinski definition) is 1. The van der Waals surface area contributed by atoms with E-state index in [-0.39, 0.29) is 12.0 Å². The molecule has 26 heavy (non-hydrogen) atoms. The Kier molecular flexibility index (Phi) is 5.08. The van der Waals surface area contributed by atoms with E-state index in [2.05, 4.69) is 20.6 Å². The molecule has 134 valence electrons. The number of aromatic amines is 1. The summed E-state index contributed by atoms with van der Waals surface area (Å²) in [4.78, 5) is 19.2. The first kappa shape index (κ1) is 16.9. The molecule has 6 nitrogen and oxygen atoms in total. The molecule has 4 rings (SSSR count). The minimum Gasteiger partial charge on any atom is -0.376 e. The highest BCUT2D eigenvalue weighted by Crippen LogP contribution is 2.20. The molecule has 0 bridgehead atoms. The zero-order chi connectivity index (χ0) is 17.8. The normalized spacial score (nSPS) is 16.7. The van der Waals surface area contributed by atoms with Crippen molar-refractivity contribution in [3.63, 3.8) is 0 Å². The number of nitrogens with zero attached hydrogens (tertiary/aromatic N) is 3. The van der Waals surface area contributed by atoms with E-state index in [1.165, 1.54) is 0 Å². The number of aromatic nitrogens is 3. The van der Waals surface area contributed by atoms with Gasteiger partial charge in [-0.3, -0.25) is 14.9 Å². The number of carbonyl (C=O) groups is 1. The zero-order valence-electron chi connectivity index (χ0n) is 14.3. The molecule has 3 aromatic heterocycles. The summed E-state index contributed by atoms with van der Waals surface area (Å²) in [5.41, 5.74) is 3.01. The van der Waals surface area contributed by atoms with Gasteiger partial charge in [0.1, 0.15) is 11.4 Å². The molecule has 1 atom stereocenters. The third-order valence-electron chi connectivity index (χ3n) is 4.42. The molecule has 1 aliphatic heterocycles. The maximum atomic E-state index is 13.1. The second kappa shape index (κ2) is 7.80. The minimum absolute atomic E-state index is 0.0682. The maximum Gasteiger partial charge on any atom is 0.272 e. The summed E-state index contributed by atoms with van der Waals surface area (Å²) in [5.74, 6) is -0.0682. The van der Waals surface area contributed by atoms with Gasteiger partial charge in [-0.25, -0.2) is 0 Å². The molecule has 0 aromatic carbocycles. The lowest BCUT2D eigenvalue weighted by Crippen LogP contribution is -2.37. The zero-order valence-corrected chi connectivity index (χ0v) is 15.1. The van der Waals surface area contributed by atoms with Gasteiger partial charge >= 0.3 is 0 Å². The third-order valence-corrected chi connectivity index (χ3v) is 5.16.